The Morgan fingerprint density at radius 3 is 1.40 bits per heavy atom. The van der Waals surface area contributed by atoms with Crippen LogP contribution in [0.3, 0.4) is 0 Å². The first kappa shape index (κ1) is 20.7. The molecule has 0 aliphatic carbocycles. The van der Waals surface area contributed by atoms with Gasteiger partial charge in [0.15, 0.2) is 0 Å². The van der Waals surface area contributed by atoms with Crippen LogP contribution < -0.4 is 8.92 Å². The molecule has 0 saturated heterocycles. The Balaban J connectivity index is 2.24. The Morgan fingerprint density at radius 2 is 1.08 bits per heavy atom. The van der Waals surface area contributed by atoms with E-state index < -0.39 is 9.84 Å². The number of hydrogen-bond acceptors (Lipinski definition) is 2. The normalized spacial score (nSPS) is 14.2. The van der Waals surface area contributed by atoms with Crippen molar-refractivity contribution in [2.75, 3.05) is 0 Å². The molecule has 0 heterocycles. The molecule has 2 nitrogen and oxygen atoms in total. The van der Waals surface area contributed by atoms with E-state index in [9.17, 15) is 8.42 Å². The maximum atomic E-state index is 13.5. The third kappa shape index (κ3) is 6.27. The molecule has 136 valence electrons. The Kier molecular flexibility index (Phi) is 8.75. The molecule has 2 rings (SSSR count). The van der Waals surface area contributed by atoms with Crippen LogP contribution in [0, 0.1) is 0 Å². The van der Waals surface area contributed by atoms with Gasteiger partial charge in [0.2, 0.25) is 0 Å². The molecular formula is C20H26O2SSe2. The Bertz CT molecular complexity index is 660. The van der Waals surface area contributed by atoms with Gasteiger partial charge in [-0.3, -0.25) is 0 Å². The summed E-state index contributed by atoms with van der Waals surface area (Å²) < 4.78 is 28.8. The fraction of sp³-hybridized carbons (Fsp3) is 0.400. The van der Waals surface area contributed by atoms with Crippen molar-refractivity contribution in [1.29, 1.82) is 0 Å². The fourth-order valence-electron chi connectivity index (χ4n) is 2.52. The quantitative estimate of drug-likeness (QED) is 0.483. The molecule has 0 aromatic heterocycles. The summed E-state index contributed by atoms with van der Waals surface area (Å²) >= 11 is -0.0657. The van der Waals surface area contributed by atoms with Gasteiger partial charge in [0.25, 0.3) is 0 Å². The molecule has 0 spiro atoms. The third-order valence-electron chi connectivity index (χ3n) is 3.80. The van der Waals surface area contributed by atoms with E-state index in [1.807, 2.05) is 36.4 Å². The molecule has 0 saturated carbocycles. The zero-order chi connectivity index (χ0) is 18.1. The van der Waals surface area contributed by atoms with Gasteiger partial charge in [0.05, 0.1) is 0 Å². The van der Waals surface area contributed by atoms with E-state index in [1.165, 1.54) is 8.92 Å². The fourth-order valence-corrected chi connectivity index (χ4v) is 13.9. The van der Waals surface area contributed by atoms with E-state index in [0.29, 0.717) is 0 Å². The average molecular weight is 488 g/mol. The van der Waals surface area contributed by atoms with Crippen LogP contribution in [0.4, 0.5) is 0 Å². The van der Waals surface area contributed by atoms with Crippen molar-refractivity contribution in [3.05, 3.63) is 60.7 Å². The van der Waals surface area contributed by atoms with E-state index in [2.05, 4.69) is 38.1 Å². The summed E-state index contributed by atoms with van der Waals surface area (Å²) in [5.74, 6) is 0. The van der Waals surface area contributed by atoms with Crippen molar-refractivity contribution in [2.24, 2.45) is 0 Å². The van der Waals surface area contributed by atoms with Crippen molar-refractivity contribution < 1.29 is 8.42 Å². The van der Waals surface area contributed by atoms with Gasteiger partial charge < -0.3 is 0 Å². The minimum absolute atomic E-state index is 0.0329. The second-order valence-electron chi connectivity index (χ2n) is 5.89. The van der Waals surface area contributed by atoms with Gasteiger partial charge in [0.1, 0.15) is 0 Å². The molecule has 2 atom stereocenters. The van der Waals surface area contributed by atoms with E-state index in [4.69, 9.17) is 0 Å². The molecule has 0 fully saturated rings. The SMILES string of the molecule is CCC[C@@H]([Se]c1ccccc1)S(=O)(=O)[C@@H](CCC)[Se]c1ccccc1. The number of sulfone groups is 1. The Morgan fingerprint density at radius 1 is 0.720 bits per heavy atom. The third-order valence-corrected chi connectivity index (χ3v) is 14.5. The monoisotopic (exact) mass is 490 g/mol. The van der Waals surface area contributed by atoms with Gasteiger partial charge in [-0.1, -0.05) is 0 Å². The van der Waals surface area contributed by atoms with E-state index in [-0.39, 0.29) is 38.2 Å². The molecular weight excluding hydrogens is 462 g/mol. The number of hydrogen-bond donors (Lipinski definition) is 0. The summed E-state index contributed by atoms with van der Waals surface area (Å²) in [4.78, 5) is 0. The summed E-state index contributed by atoms with van der Waals surface area (Å²) in [7, 11) is -3.13. The van der Waals surface area contributed by atoms with E-state index >= 15 is 0 Å². The van der Waals surface area contributed by atoms with Crippen LogP contribution in [0.5, 0.6) is 0 Å². The van der Waals surface area contributed by atoms with Crippen LogP contribution in [0.1, 0.15) is 39.5 Å². The van der Waals surface area contributed by atoms with Crippen molar-refractivity contribution >= 4 is 48.7 Å². The predicted octanol–water partition coefficient (Wildman–Crippen LogP) is 2.71. The molecule has 0 aliphatic rings. The van der Waals surface area contributed by atoms with Gasteiger partial charge in [-0.2, -0.15) is 0 Å². The zero-order valence-corrected chi connectivity index (χ0v) is 19.0. The van der Waals surface area contributed by atoms with E-state index in [1.54, 1.807) is 0 Å². The first-order valence-electron chi connectivity index (χ1n) is 8.74. The second kappa shape index (κ2) is 10.5. The van der Waals surface area contributed by atoms with Gasteiger partial charge >= 0.3 is 166 Å². The molecule has 0 N–H and O–H groups in total. The molecule has 2 aromatic rings. The van der Waals surface area contributed by atoms with Gasteiger partial charge in [-0.15, -0.1) is 0 Å². The van der Waals surface area contributed by atoms with Crippen molar-refractivity contribution in [1.82, 2.24) is 0 Å². The number of rotatable bonds is 10. The van der Waals surface area contributed by atoms with Crippen LogP contribution in [0.2, 0.25) is 0 Å². The first-order valence-corrected chi connectivity index (χ1v) is 14.0. The molecule has 0 aliphatic heterocycles. The van der Waals surface area contributed by atoms with Gasteiger partial charge in [-0.05, 0) is 0 Å². The van der Waals surface area contributed by atoms with Gasteiger partial charge in [0, 0.05) is 0 Å². The van der Waals surface area contributed by atoms with E-state index in [0.717, 1.165) is 25.7 Å². The molecule has 0 radical (unpaired) electrons. The van der Waals surface area contributed by atoms with Crippen LogP contribution >= 0.6 is 0 Å². The van der Waals surface area contributed by atoms with Crippen LogP contribution in [0.25, 0.3) is 0 Å². The van der Waals surface area contributed by atoms with Gasteiger partial charge in [-0.25, -0.2) is 0 Å². The van der Waals surface area contributed by atoms with Crippen molar-refractivity contribution in [3.63, 3.8) is 0 Å². The number of benzene rings is 2. The summed E-state index contributed by atoms with van der Waals surface area (Å²) in [6.07, 6.45) is 3.36. The van der Waals surface area contributed by atoms with Crippen LogP contribution in [0.15, 0.2) is 60.7 Å². The maximum absolute atomic E-state index is 13.5. The summed E-state index contributed by atoms with van der Waals surface area (Å²) in [6.45, 7) is 4.17. The predicted molar refractivity (Wildman–Crippen MR) is 110 cm³/mol. The van der Waals surface area contributed by atoms with Crippen molar-refractivity contribution in [3.8, 4) is 0 Å². The zero-order valence-electron chi connectivity index (χ0n) is 14.8. The molecule has 0 amide bonds. The molecule has 25 heavy (non-hydrogen) atoms. The Hall–Kier alpha value is -0.571. The first-order chi connectivity index (χ1) is 12.1. The molecule has 0 unspecified atom stereocenters. The van der Waals surface area contributed by atoms with Crippen LogP contribution in [-0.4, -0.2) is 46.6 Å². The van der Waals surface area contributed by atoms with Crippen LogP contribution in [-0.2, 0) is 9.84 Å². The Labute approximate surface area is 165 Å². The average Bonchev–Trinajstić information content (AvgIpc) is 2.63. The minimum atomic E-state index is -3.13. The molecule has 2 aromatic carbocycles. The molecule has 0 bridgehead atoms. The standard InChI is InChI=1S/C20H26O2SSe2/c1-3-11-19(24-17-13-7-5-8-14-17)23(21,22)20(12-4-2)25-18-15-9-6-10-16-18/h5-10,13-16,19-20H,3-4,11-12H2,1-2H3/t19-,20-/m1/s1. The molecule has 5 heteroatoms. The second-order valence-corrected chi connectivity index (χ2v) is 14.9. The van der Waals surface area contributed by atoms with Crippen molar-refractivity contribution in [2.45, 2.75) is 47.8 Å². The summed E-state index contributed by atoms with van der Waals surface area (Å²) in [5.41, 5.74) is 0. The summed E-state index contributed by atoms with van der Waals surface area (Å²) in [5, 5.41) is 0. The topological polar surface area (TPSA) is 34.1 Å². The summed E-state index contributed by atoms with van der Waals surface area (Å²) in [6, 6.07) is 20.3.